The number of rotatable bonds is 3. The van der Waals surface area contributed by atoms with Gasteiger partial charge in [-0.2, -0.15) is 4.31 Å². The SMILES string of the molecule is CC1CCCN1S(=O)(=O)c1ccc(S(=O)(=O)Cl)cc1. The van der Waals surface area contributed by atoms with Crippen LogP contribution in [0.4, 0.5) is 0 Å². The van der Waals surface area contributed by atoms with Gasteiger partial charge in [-0.3, -0.25) is 0 Å². The van der Waals surface area contributed by atoms with Crippen LogP contribution in [0.15, 0.2) is 34.1 Å². The van der Waals surface area contributed by atoms with Crippen molar-refractivity contribution >= 4 is 29.8 Å². The summed E-state index contributed by atoms with van der Waals surface area (Å²) in [4.78, 5) is -0.0205. The Bertz CT molecular complexity index is 667. The van der Waals surface area contributed by atoms with Gasteiger partial charge in [0.05, 0.1) is 9.79 Å². The highest BCUT2D eigenvalue weighted by molar-refractivity contribution is 8.13. The average Bonchev–Trinajstić information content (AvgIpc) is 2.75. The molecular formula is C11H14ClNO4S2. The van der Waals surface area contributed by atoms with Gasteiger partial charge in [-0.1, -0.05) is 0 Å². The summed E-state index contributed by atoms with van der Waals surface area (Å²) in [7, 11) is -2.20. The Kier molecular flexibility index (Phi) is 3.92. The molecule has 1 heterocycles. The van der Waals surface area contributed by atoms with Crippen LogP contribution in [0.1, 0.15) is 19.8 Å². The Morgan fingerprint density at radius 3 is 2.05 bits per heavy atom. The number of nitrogens with zero attached hydrogens (tertiary/aromatic N) is 1. The molecule has 0 amide bonds. The molecule has 2 rings (SSSR count). The first-order valence-corrected chi connectivity index (χ1v) is 9.54. The lowest BCUT2D eigenvalue weighted by atomic mass is 10.3. The first kappa shape index (κ1) is 14.8. The molecule has 0 bridgehead atoms. The van der Waals surface area contributed by atoms with Gasteiger partial charge >= 0.3 is 0 Å². The van der Waals surface area contributed by atoms with Crippen LogP contribution < -0.4 is 0 Å². The number of hydrogen-bond acceptors (Lipinski definition) is 4. The van der Waals surface area contributed by atoms with Gasteiger partial charge in [-0.15, -0.1) is 0 Å². The molecule has 0 aromatic heterocycles. The van der Waals surface area contributed by atoms with Gasteiger partial charge in [-0.25, -0.2) is 16.8 Å². The van der Waals surface area contributed by atoms with Gasteiger partial charge in [0.1, 0.15) is 0 Å². The Balaban J connectivity index is 2.37. The molecule has 1 aliphatic rings. The summed E-state index contributed by atoms with van der Waals surface area (Å²) in [6.45, 7) is 2.36. The van der Waals surface area contributed by atoms with Crippen molar-refractivity contribution in [2.75, 3.05) is 6.54 Å². The van der Waals surface area contributed by atoms with Crippen LogP contribution in [0.2, 0.25) is 0 Å². The van der Waals surface area contributed by atoms with Crippen LogP contribution in [0.5, 0.6) is 0 Å². The lowest BCUT2D eigenvalue weighted by Gasteiger charge is -2.20. The minimum atomic E-state index is -3.83. The van der Waals surface area contributed by atoms with E-state index in [1.54, 1.807) is 0 Å². The Labute approximate surface area is 117 Å². The van der Waals surface area contributed by atoms with E-state index in [1.807, 2.05) is 6.92 Å². The molecule has 1 aromatic carbocycles. The van der Waals surface area contributed by atoms with Gasteiger partial charge in [-0.05, 0) is 44.0 Å². The summed E-state index contributed by atoms with van der Waals surface area (Å²) < 4.78 is 48.4. The van der Waals surface area contributed by atoms with E-state index in [-0.39, 0.29) is 15.8 Å². The highest BCUT2D eigenvalue weighted by atomic mass is 35.7. The minimum Gasteiger partial charge on any atom is -0.207 e. The topological polar surface area (TPSA) is 71.5 Å². The van der Waals surface area contributed by atoms with Gasteiger partial charge in [0.25, 0.3) is 9.05 Å². The molecule has 0 N–H and O–H groups in total. The lowest BCUT2D eigenvalue weighted by molar-refractivity contribution is 0.408. The third kappa shape index (κ3) is 2.94. The summed E-state index contributed by atoms with van der Waals surface area (Å²) in [5, 5.41) is 0. The van der Waals surface area contributed by atoms with Crippen molar-refractivity contribution in [3.05, 3.63) is 24.3 Å². The summed E-state index contributed by atoms with van der Waals surface area (Å²) >= 11 is 0. The van der Waals surface area contributed by atoms with E-state index in [9.17, 15) is 16.8 Å². The predicted octanol–water partition coefficient (Wildman–Crippen LogP) is 1.79. The molecule has 5 nitrogen and oxygen atoms in total. The smallest absolute Gasteiger partial charge is 0.207 e. The van der Waals surface area contributed by atoms with Crippen LogP contribution in [0, 0.1) is 0 Å². The standard InChI is InChI=1S/C11H14ClNO4S2/c1-9-3-2-8-13(9)19(16,17)11-6-4-10(5-7-11)18(12,14)15/h4-7,9H,2-3,8H2,1H3. The van der Waals surface area contributed by atoms with Crippen molar-refractivity contribution in [1.29, 1.82) is 0 Å². The molecule has 1 aliphatic heterocycles. The maximum atomic E-state index is 12.3. The molecule has 19 heavy (non-hydrogen) atoms. The van der Waals surface area contributed by atoms with Gasteiger partial charge in [0.15, 0.2) is 0 Å². The second-order valence-electron chi connectivity index (χ2n) is 4.52. The summed E-state index contributed by atoms with van der Waals surface area (Å²) in [5.74, 6) is 0. The fourth-order valence-corrected chi connectivity index (χ4v) is 4.64. The highest BCUT2D eigenvalue weighted by Gasteiger charge is 2.32. The fraction of sp³-hybridized carbons (Fsp3) is 0.455. The highest BCUT2D eigenvalue weighted by Crippen LogP contribution is 2.26. The maximum Gasteiger partial charge on any atom is 0.261 e. The van der Waals surface area contributed by atoms with Crippen LogP contribution in [0.3, 0.4) is 0 Å². The Hall–Kier alpha value is -0.630. The van der Waals surface area contributed by atoms with Crippen LogP contribution in [-0.2, 0) is 19.1 Å². The molecular weight excluding hydrogens is 310 g/mol. The first-order valence-electron chi connectivity index (χ1n) is 5.79. The molecule has 1 aromatic rings. The van der Waals surface area contributed by atoms with E-state index >= 15 is 0 Å². The molecule has 1 saturated heterocycles. The predicted molar refractivity (Wildman–Crippen MR) is 72.1 cm³/mol. The normalized spacial score (nSPS) is 21.7. The molecule has 1 atom stereocenters. The Morgan fingerprint density at radius 1 is 1.11 bits per heavy atom. The second-order valence-corrected chi connectivity index (χ2v) is 8.97. The van der Waals surface area contributed by atoms with Gasteiger partial charge in [0, 0.05) is 23.3 Å². The monoisotopic (exact) mass is 323 g/mol. The zero-order valence-electron chi connectivity index (χ0n) is 10.3. The lowest BCUT2D eigenvalue weighted by Crippen LogP contribution is -2.33. The van der Waals surface area contributed by atoms with Crippen LogP contribution in [-0.4, -0.2) is 33.7 Å². The number of benzene rings is 1. The first-order chi connectivity index (χ1) is 8.73. The summed E-state index contributed by atoms with van der Waals surface area (Å²) in [6, 6.07) is 4.93. The van der Waals surface area contributed by atoms with Gasteiger partial charge < -0.3 is 0 Å². The third-order valence-corrected chi connectivity index (χ3v) is 6.60. The van der Waals surface area contributed by atoms with Crippen molar-refractivity contribution in [1.82, 2.24) is 4.31 Å². The number of sulfonamides is 1. The van der Waals surface area contributed by atoms with E-state index in [4.69, 9.17) is 10.7 Å². The largest absolute Gasteiger partial charge is 0.261 e. The molecule has 0 saturated carbocycles. The van der Waals surface area contributed by atoms with Crippen molar-refractivity contribution in [3.63, 3.8) is 0 Å². The van der Waals surface area contributed by atoms with E-state index in [2.05, 4.69) is 0 Å². The zero-order valence-corrected chi connectivity index (χ0v) is 12.7. The van der Waals surface area contributed by atoms with E-state index in [0.717, 1.165) is 12.8 Å². The van der Waals surface area contributed by atoms with E-state index < -0.39 is 19.1 Å². The third-order valence-electron chi connectivity index (χ3n) is 3.20. The second kappa shape index (κ2) is 5.05. The summed E-state index contributed by atoms with van der Waals surface area (Å²) in [5.41, 5.74) is 0. The fourth-order valence-electron chi connectivity index (χ4n) is 2.17. The van der Waals surface area contributed by atoms with Gasteiger partial charge in [0.2, 0.25) is 10.0 Å². The minimum absolute atomic E-state index is 0.0264. The van der Waals surface area contributed by atoms with Crippen LogP contribution in [0.25, 0.3) is 0 Å². The molecule has 1 fully saturated rings. The molecule has 0 aliphatic carbocycles. The van der Waals surface area contributed by atoms with Crippen molar-refractivity contribution < 1.29 is 16.8 Å². The van der Waals surface area contributed by atoms with E-state index in [1.165, 1.54) is 28.6 Å². The van der Waals surface area contributed by atoms with Crippen molar-refractivity contribution in [3.8, 4) is 0 Å². The molecule has 8 heteroatoms. The van der Waals surface area contributed by atoms with E-state index in [0.29, 0.717) is 6.54 Å². The molecule has 0 radical (unpaired) electrons. The number of hydrogen-bond donors (Lipinski definition) is 0. The summed E-state index contributed by atoms with van der Waals surface area (Å²) in [6.07, 6.45) is 1.68. The van der Waals surface area contributed by atoms with Crippen molar-refractivity contribution in [2.24, 2.45) is 0 Å². The molecule has 0 spiro atoms. The molecule has 106 valence electrons. The van der Waals surface area contributed by atoms with Crippen molar-refractivity contribution in [2.45, 2.75) is 35.6 Å². The Morgan fingerprint density at radius 2 is 1.63 bits per heavy atom. The van der Waals surface area contributed by atoms with Crippen LogP contribution >= 0.6 is 10.7 Å². The quantitative estimate of drug-likeness (QED) is 0.795. The maximum absolute atomic E-state index is 12.3. The molecule has 1 unspecified atom stereocenters. The average molecular weight is 324 g/mol. The number of halogens is 1. The zero-order chi connectivity index (χ0) is 14.3.